The quantitative estimate of drug-likeness (QED) is 0.527. The van der Waals surface area contributed by atoms with Crippen molar-refractivity contribution in [1.82, 2.24) is 4.98 Å². The second-order valence-corrected chi connectivity index (χ2v) is 4.35. The van der Waals surface area contributed by atoms with Crippen LogP contribution in [0.15, 0.2) is 47.3 Å². The molecule has 2 N–H and O–H groups in total. The van der Waals surface area contributed by atoms with Crippen LogP contribution < -0.4 is 10.7 Å². The molecule has 3 rings (SSSR count). The van der Waals surface area contributed by atoms with Crippen LogP contribution in [-0.4, -0.2) is 11.3 Å². The molecule has 0 radical (unpaired) electrons. The summed E-state index contributed by atoms with van der Waals surface area (Å²) >= 11 is 0. The molecule has 1 aromatic heterocycles. The average molecular weight is 278 g/mol. The third-order valence-electron chi connectivity index (χ3n) is 3.01. The fraction of sp³-hybridized carbons (Fsp3) is 0.0714. The Hall–Kier alpha value is -2.50. The molecule has 0 saturated heterocycles. The topological polar surface area (TPSA) is 44.9 Å². The fourth-order valence-electron chi connectivity index (χ4n) is 2.23. The summed E-state index contributed by atoms with van der Waals surface area (Å²) in [5.41, 5.74) is 0.279. The van der Waals surface area contributed by atoms with Gasteiger partial charge in [0.05, 0.1) is 16.6 Å². The van der Waals surface area contributed by atoms with Gasteiger partial charge in [0.15, 0.2) is 5.43 Å². The predicted octanol–water partition coefficient (Wildman–Crippen LogP) is 3.61. The molecule has 0 aliphatic heterocycles. The van der Waals surface area contributed by atoms with E-state index in [4.69, 9.17) is 0 Å². The normalized spacial score (nSPS) is 11.9. The molecule has 0 spiro atoms. The van der Waals surface area contributed by atoms with Gasteiger partial charge in [0, 0.05) is 10.9 Å². The number of aromatic nitrogens is 1. The van der Waals surface area contributed by atoms with Crippen LogP contribution in [0.2, 0.25) is 0 Å². The van der Waals surface area contributed by atoms with Gasteiger partial charge in [0.2, 0.25) is 0 Å². The SMILES string of the molecule is O=c1c2ccccc2[nH]c2cccc(NC(F)(F)F)c12. The van der Waals surface area contributed by atoms with Gasteiger partial charge in [0.25, 0.3) is 0 Å². The number of alkyl halides is 3. The summed E-state index contributed by atoms with van der Waals surface area (Å²) in [5, 5.41) is 1.77. The number of rotatable bonds is 1. The zero-order valence-corrected chi connectivity index (χ0v) is 10.1. The fourth-order valence-corrected chi connectivity index (χ4v) is 2.23. The molecule has 0 saturated carbocycles. The lowest BCUT2D eigenvalue weighted by molar-refractivity contribution is -0.0998. The van der Waals surface area contributed by atoms with E-state index in [1.807, 2.05) is 0 Å². The molecule has 0 bridgehead atoms. The number of fused-ring (bicyclic) bond motifs is 2. The summed E-state index contributed by atoms with van der Waals surface area (Å²) in [6.45, 7) is 0. The maximum Gasteiger partial charge on any atom is 0.482 e. The highest BCUT2D eigenvalue weighted by atomic mass is 19.4. The molecular weight excluding hydrogens is 269 g/mol. The highest BCUT2D eigenvalue weighted by molar-refractivity contribution is 5.99. The monoisotopic (exact) mass is 278 g/mol. The maximum atomic E-state index is 12.5. The summed E-state index contributed by atoms with van der Waals surface area (Å²) in [6.07, 6.45) is -4.59. The van der Waals surface area contributed by atoms with Crippen molar-refractivity contribution in [2.75, 3.05) is 5.32 Å². The average Bonchev–Trinajstić information content (AvgIpc) is 2.37. The van der Waals surface area contributed by atoms with Crippen molar-refractivity contribution in [3.8, 4) is 0 Å². The molecule has 0 amide bonds. The van der Waals surface area contributed by atoms with E-state index in [-0.39, 0.29) is 11.1 Å². The maximum absolute atomic E-state index is 12.5. The van der Waals surface area contributed by atoms with Crippen LogP contribution in [0.5, 0.6) is 0 Å². The number of anilines is 1. The molecule has 0 unspecified atom stereocenters. The zero-order valence-electron chi connectivity index (χ0n) is 10.1. The Bertz CT molecular complexity index is 852. The summed E-state index contributed by atoms with van der Waals surface area (Å²) < 4.78 is 37.5. The first kappa shape index (κ1) is 12.5. The molecule has 0 fully saturated rings. The minimum absolute atomic E-state index is 0.00326. The predicted molar refractivity (Wildman–Crippen MR) is 71.8 cm³/mol. The van der Waals surface area contributed by atoms with Crippen molar-refractivity contribution in [2.24, 2.45) is 0 Å². The Morgan fingerprint density at radius 1 is 0.950 bits per heavy atom. The number of aromatic amines is 1. The second kappa shape index (κ2) is 4.26. The molecule has 3 aromatic rings. The number of hydrogen-bond donors (Lipinski definition) is 2. The molecule has 0 atom stereocenters. The van der Waals surface area contributed by atoms with E-state index in [1.165, 1.54) is 17.4 Å². The number of hydrogen-bond acceptors (Lipinski definition) is 2. The highest BCUT2D eigenvalue weighted by Gasteiger charge is 2.28. The lowest BCUT2D eigenvalue weighted by Gasteiger charge is -2.12. The summed E-state index contributed by atoms with van der Waals surface area (Å²) in [6, 6.07) is 11.0. The van der Waals surface area contributed by atoms with E-state index in [0.29, 0.717) is 16.4 Å². The van der Waals surface area contributed by atoms with Crippen LogP contribution in [0.1, 0.15) is 0 Å². The van der Waals surface area contributed by atoms with E-state index in [9.17, 15) is 18.0 Å². The Kier molecular flexibility index (Phi) is 2.67. The first-order valence-corrected chi connectivity index (χ1v) is 5.84. The Morgan fingerprint density at radius 2 is 1.65 bits per heavy atom. The van der Waals surface area contributed by atoms with Crippen LogP contribution in [-0.2, 0) is 0 Å². The lowest BCUT2D eigenvalue weighted by atomic mass is 10.1. The number of halogens is 3. The Labute approximate surface area is 111 Å². The molecule has 20 heavy (non-hydrogen) atoms. The van der Waals surface area contributed by atoms with Gasteiger partial charge in [-0.25, -0.2) is 0 Å². The minimum atomic E-state index is -4.59. The largest absolute Gasteiger partial charge is 0.482 e. The second-order valence-electron chi connectivity index (χ2n) is 4.35. The number of H-pyrrole nitrogens is 1. The van der Waals surface area contributed by atoms with Crippen LogP contribution in [0.3, 0.4) is 0 Å². The molecule has 3 nitrogen and oxygen atoms in total. The van der Waals surface area contributed by atoms with Crippen molar-refractivity contribution in [3.05, 3.63) is 52.7 Å². The Morgan fingerprint density at radius 3 is 2.40 bits per heavy atom. The highest BCUT2D eigenvalue weighted by Crippen LogP contribution is 2.26. The molecule has 102 valence electrons. The van der Waals surface area contributed by atoms with Crippen molar-refractivity contribution in [3.63, 3.8) is 0 Å². The molecular formula is C14H9F3N2O. The van der Waals surface area contributed by atoms with Gasteiger partial charge in [-0.05, 0) is 24.3 Å². The van der Waals surface area contributed by atoms with Gasteiger partial charge in [-0.3, -0.25) is 10.1 Å². The van der Waals surface area contributed by atoms with Gasteiger partial charge in [-0.1, -0.05) is 18.2 Å². The van der Waals surface area contributed by atoms with Gasteiger partial charge >= 0.3 is 6.30 Å². The summed E-state index contributed by atoms with van der Waals surface area (Å²) in [5.74, 6) is 0. The summed E-state index contributed by atoms with van der Waals surface area (Å²) in [4.78, 5) is 15.3. The zero-order chi connectivity index (χ0) is 14.3. The molecule has 2 aromatic carbocycles. The number of para-hydroxylation sites is 1. The Balaban J connectivity index is 2.39. The molecule has 6 heteroatoms. The lowest BCUT2D eigenvalue weighted by Crippen LogP contribution is -2.22. The van der Waals surface area contributed by atoms with E-state index in [1.54, 1.807) is 30.3 Å². The third kappa shape index (κ3) is 2.09. The van der Waals surface area contributed by atoms with Crippen molar-refractivity contribution < 1.29 is 13.2 Å². The first-order chi connectivity index (χ1) is 9.46. The molecule has 1 heterocycles. The molecule has 0 aliphatic rings. The van der Waals surface area contributed by atoms with Gasteiger partial charge < -0.3 is 4.98 Å². The van der Waals surface area contributed by atoms with Crippen molar-refractivity contribution in [2.45, 2.75) is 6.30 Å². The van der Waals surface area contributed by atoms with E-state index >= 15 is 0 Å². The van der Waals surface area contributed by atoms with Gasteiger partial charge in [-0.2, -0.15) is 13.2 Å². The van der Waals surface area contributed by atoms with Crippen LogP contribution in [0, 0.1) is 0 Å². The van der Waals surface area contributed by atoms with Crippen LogP contribution in [0.4, 0.5) is 18.9 Å². The smallest absolute Gasteiger partial charge is 0.354 e. The van der Waals surface area contributed by atoms with Crippen molar-refractivity contribution in [1.29, 1.82) is 0 Å². The standard InChI is InChI=1S/C14H9F3N2O/c15-14(16,17)19-11-7-3-6-10-12(11)13(20)8-4-1-2-5-9(8)18-10/h1-7,19H,(H,18,20). The van der Waals surface area contributed by atoms with Crippen molar-refractivity contribution >= 4 is 27.5 Å². The van der Waals surface area contributed by atoms with E-state index < -0.39 is 11.7 Å². The van der Waals surface area contributed by atoms with E-state index in [0.717, 1.165) is 0 Å². The first-order valence-electron chi connectivity index (χ1n) is 5.84. The van der Waals surface area contributed by atoms with Crippen LogP contribution >= 0.6 is 0 Å². The van der Waals surface area contributed by atoms with E-state index in [2.05, 4.69) is 4.98 Å². The molecule has 0 aliphatic carbocycles. The number of benzene rings is 2. The minimum Gasteiger partial charge on any atom is -0.354 e. The third-order valence-corrected chi connectivity index (χ3v) is 3.01. The van der Waals surface area contributed by atoms with Gasteiger partial charge in [-0.15, -0.1) is 0 Å². The summed E-state index contributed by atoms with van der Waals surface area (Å²) in [7, 11) is 0. The van der Waals surface area contributed by atoms with Crippen LogP contribution in [0.25, 0.3) is 21.8 Å². The van der Waals surface area contributed by atoms with Gasteiger partial charge in [0.1, 0.15) is 0 Å². The number of pyridine rings is 1. The number of nitrogens with one attached hydrogen (secondary N) is 2.